The Hall–Kier alpha value is -1.42. The number of benzene rings is 1. The van der Waals surface area contributed by atoms with Crippen LogP contribution in [0.1, 0.15) is 56.9 Å². The number of rotatable bonds is 3. The first-order chi connectivity index (χ1) is 12.2. The van der Waals surface area contributed by atoms with Crippen LogP contribution in [0.3, 0.4) is 0 Å². The van der Waals surface area contributed by atoms with Gasteiger partial charge < -0.3 is 4.90 Å². The second-order valence-corrected chi connectivity index (χ2v) is 8.09. The summed E-state index contributed by atoms with van der Waals surface area (Å²) < 4.78 is 13.1. The average Bonchev–Trinajstić information content (AvgIpc) is 2.66. The highest BCUT2D eigenvalue weighted by molar-refractivity contribution is 5.77. The smallest absolute Gasteiger partial charge is 0.223 e. The third kappa shape index (κ3) is 3.74. The van der Waals surface area contributed by atoms with Crippen molar-refractivity contribution in [2.24, 2.45) is 5.92 Å². The highest BCUT2D eigenvalue weighted by atomic mass is 19.1. The van der Waals surface area contributed by atoms with Gasteiger partial charge in [0, 0.05) is 38.1 Å². The summed E-state index contributed by atoms with van der Waals surface area (Å²) in [6.45, 7) is 2.91. The molecule has 1 aromatic carbocycles. The number of amides is 1. The molecule has 2 aliphatic heterocycles. The lowest BCUT2D eigenvalue weighted by Crippen LogP contribution is -2.57. The first-order valence-corrected chi connectivity index (χ1v) is 9.98. The molecule has 0 unspecified atom stereocenters. The fourth-order valence-corrected chi connectivity index (χ4v) is 5.15. The van der Waals surface area contributed by atoms with Gasteiger partial charge in [0.2, 0.25) is 5.91 Å². The van der Waals surface area contributed by atoms with Gasteiger partial charge in [-0.15, -0.1) is 0 Å². The van der Waals surface area contributed by atoms with Crippen molar-refractivity contribution in [3.05, 3.63) is 35.6 Å². The number of carbonyl (C=O) groups excluding carboxylic acids is 1. The topological polar surface area (TPSA) is 23.6 Å². The lowest BCUT2D eigenvalue weighted by atomic mass is 9.81. The van der Waals surface area contributed by atoms with Gasteiger partial charge in [0.1, 0.15) is 5.82 Å². The lowest BCUT2D eigenvalue weighted by molar-refractivity contribution is -0.142. The van der Waals surface area contributed by atoms with Crippen molar-refractivity contribution in [1.82, 2.24) is 9.80 Å². The van der Waals surface area contributed by atoms with E-state index in [1.807, 2.05) is 12.1 Å². The zero-order chi connectivity index (χ0) is 17.2. The second kappa shape index (κ2) is 7.45. The van der Waals surface area contributed by atoms with Gasteiger partial charge in [-0.2, -0.15) is 0 Å². The Morgan fingerprint density at radius 3 is 2.52 bits per heavy atom. The van der Waals surface area contributed by atoms with E-state index in [1.165, 1.54) is 44.2 Å². The van der Waals surface area contributed by atoms with E-state index in [-0.39, 0.29) is 11.7 Å². The van der Waals surface area contributed by atoms with Gasteiger partial charge >= 0.3 is 0 Å². The van der Waals surface area contributed by atoms with Crippen molar-refractivity contribution >= 4 is 5.91 Å². The number of hydrogen-bond acceptors (Lipinski definition) is 2. The maximum absolute atomic E-state index is 13.1. The monoisotopic (exact) mass is 344 g/mol. The molecule has 25 heavy (non-hydrogen) atoms. The first kappa shape index (κ1) is 17.0. The summed E-state index contributed by atoms with van der Waals surface area (Å²) in [4.78, 5) is 17.3. The second-order valence-electron chi connectivity index (χ2n) is 8.09. The number of likely N-dealkylation sites (tertiary alicyclic amines) is 2. The molecule has 2 atom stereocenters. The van der Waals surface area contributed by atoms with Crippen LogP contribution in [0.15, 0.2) is 24.3 Å². The first-order valence-electron chi connectivity index (χ1n) is 9.98. The quantitative estimate of drug-likeness (QED) is 0.828. The summed E-state index contributed by atoms with van der Waals surface area (Å²) in [5, 5.41) is 0. The van der Waals surface area contributed by atoms with Crippen molar-refractivity contribution in [3.8, 4) is 0 Å². The van der Waals surface area contributed by atoms with Crippen LogP contribution in [0.2, 0.25) is 0 Å². The Bertz CT molecular complexity index is 596. The number of hydrogen-bond donors (Lipinski definition) is 0. The number of piperidine rings is 2. The third-order valence-corrected chi connectivity index (χ3v) is 6.53. The van der Waals surface area contributed by atoms with Gasteiger partial charge in [-0.3, -0.25) is 9.69 Å². The van der Waals surface area contributed by atoms with Crippen molar-refractivity contribution in [1.29, 1.82) is 0 Å². The van der Waals surface area contributed by atoms with Crippen LogP contribution in [-0.4, -0.2) is 40.9 Å². The predicted molar refractivity (Wildman–Crippen MR) is 96.5 cm³/mol. The molecule has 136 valence electrons. The van der Waals surface area contributed by atoms with Crippen molar-refractivity contribution in [2.75, 3.05) is 13.1 Å². The van der Waals surface area contributed by atoms with Crippen LogP contribution in [-0.2, 0) is 11.3 Å². The van der Waals surface area contributed by atoms with E-state index in [4.69, 9.17) is 0 Å². The van der Waals surface area contributed by atoms with Crippen LogP contribution >= 0.6 is 0 Å². The van der Waals surface area contributed by atoms with E-state index in [0.29, 0.717) is 24.9 Å². The maximum atomic E-state index is 13.1. The van der Waals surface area contributed by atoms with E-state index in [2.05, 4.69) is 9.80 Å². The zero-order valence-electron chi connectivity index (χ0n) is 15.0. The number of halogens is 1. The summed E-state index contributed by atoms with van der Waals surface area (Å²) >= 11 is 0. The minimum absolute atomic E-state index is 0.215. The largest absolute Gasteiger partial charge is 0.335 e. The molecule has 0 N–H and O–H groups in total. The fraction of sp³-hybridized carbons (Fsp3) is 0.667. The zero-order valence-corrected chi connectivity index (χ0v) is 15.0. The van der Waals surface area contributed by atoms with Crippen LogP contribution in [0.5, 0.6) is 0 Å². The van der Waals surface area contributed by atoms with Crippen LogP contribution in [0.25, 0.3) is 0 Å². The van der Waals surface area contributed by atoms with E-state index in [1.54, 1.807) is 0 Å². The summed E-state index contributed by atoms with van der Waals surface area (Å²) in [5.74, 6) is 0.665. The predicted octanol–water partition coefficient (Wildman–Crippen LogP) is 3.97. The Morgan fingerprint density at radius 2 is 1.76 bits per heavy atom. The molecule has 0 spiro atoms. The molecule has 2 saturated heterocycles. The molecule has 0 aromatic heterocycles. The number of fused-ring (bicyclic) bond motifs is 1. The lowest BCUT2D eigenvalue weighted by Gasteiger charge is -2.49. The summed E-state index contributed by atoms with van der Waals surface area (Å²) in [5.41, 5.74) is 1.03. The average molecular weight is 344 g/mol. The summed E-state index contributed by atoms with van der Waals surface area (Å²) in [6.07, 6.45) is 9.66. The third-order valence-electron chi connectivity index (χ3n) is 6.53. The highest BCUT2D eigenvalue weighted by Crippen LogP contribution is 2.35. The normalized spacial score (nSPS) is 28.8. The standard InChI is InChI=1S/C21H29FN2O/c22-18-9-6-16(7-10-18)14-24-20-12-13-23(19-4-2-1-3-5-19)15-17(20)8-11-21(24)25/h6-7,9-10,17,19-20H,1-5,8,11-15H2/t17-,20+/m1/s1. The SMILES string of the molecule is O=C1CC[C@@H]2CN(C3CCCCC3)CC[C@@H]2N1Cc1ccc(F)cc1. The van der Waals surface area contributed by atoms with Crippen LogP contribution in [0, 0.1) is 11.7 Å². The van der Waals surface area contributed by atoms with Gasteiger partial charge in [-0.25, -0.2) is 4.39 Å². The molecule has 4 heteroatoms. The van der Waals surface area contributed by atoms with E-state index >= 15 is 0 Å². The molecule has 1 aromatic rings. The molecular weight excluding hydrogens is 315 g/mol. The van der Waals surface area contributed by atoms with E-state index in [0.717, 1.165) is 37.5 Å². The molecule has 3 fully saturated rings. The molecule has 0 radical (unpaired) electrons. The van der Waals surface area contributed by atoms with Gasteiger partial charge in [0.05, 0.1) is 0 Å². The molecule has 1 aliphatic carbocycles. The Kier molecular flexibility index (Phi) is 5.07. The molecule has 3 nitrogen and oxygen atoms in total. The van der Waals surface area contributed by atoms with Gasteiger partial charge in [0.25, 0.3) is 0 Å². The molecule has 1 amide bonds. The van der Waals surface area contributed by atoms with E-state index in [9.17, 15) is 9.18 Å². The van der Waals surface area contributed by atoms with Crippen molar-refractivity contribution < 1.29 is 9.18 Å². The Balaban J connectivity index is 1.43. The van der Waals surface area contributed by atoms with Crippen LogP contribution < -0.4 is 0 Å². The van der Waals surface area contributed by atoms with Gasteiger partial charge in [-0.05, 0) is 49.3 Å². The Labute approximate surface area is 150 Å². The minimum Gasteiger partial charge on any atom is -0.335 e. The number of nitrogens with zero attached hydrogens (tertiary/aromatic N) is 2. The van der Waals surface area contributed by atoms with Crippen molar-refractivity contribution in [2.45, 2.75) is 70.0 Å². The van der Waals surface area contributed by atoms with Gasteiger partial charge in [-0.1, -0.05) is 31.4 Å². The Morgan fingerprint density at radius 1 is 1.00 bits per heavy atom. The molecule has 1 saturated carbocycles. The van der Waals surface area contributed by atoms with Gasteiger partial charge in [0.15, 0.2) is 0 Å². The molecular formula is C21H29FN2O. The molecule has 3 aliphatic rings. The number of carbonyl (C=O) groups is 1. The highest BCUT2D eigenvalue weighted by Gasteiger charge is 2.40. The summed E-state index contributed by atoms with van der Waals surface area (Å²) in [6, 6.07) is 7.75. The molecule has 4 rings (SSSR count). The molecule has 2 heterocycles. The summed E-state index contributed by atoms with van der Waals surface area (Å²) in [7, 11) is 0. The van der Waals surface area contributed by atoms with Crippen LogP contribution in [0.4, 0.5) is 4.39 Å². The maximum Gasteiger partial charge on any atom is 0.223 e. The fourth-order valence-electron chi connectivity index (χ4n) is 5.15. The molecule has 0 bridgehead atoms. The van der Waals surface area contributed by atoms with E-state index < -0.39 is 0 Å². The van der Waals surface area contributed by atoms with Crippen molar-refractivity contribution in [3.63, 3.8) is 0 Å². The minimum atomic E-state index is -0.215.